The van der Waals surface area contributed by atoms with Gasteiger partial charge in [0.2, 0.25) is 5.91 Å². The number of nitro benzene ring substituents is 1. The third kappa shape index (κ3) is 5.18. The van der Waals surface area contributed by atoms with Crippen molar-refractivity contribution in [3.63, 3.8) is 0 Å². The van der Waals surface area contributed by atoms with Gasteiger partial charge in [0.25, 0.3) is 11.2 Å². The normalized spacial score (nSPS) is 11.2. The lowest BCUT2D eigenvalue weighted by atomic mass is 10.2. The van der Waals surface area contributed by atoms with Crippen LogP contribution in [0.25, 0.3) is 17.1 Å². The molecular weight excluding hydrogens is 424 g/mol. The highest BCUT2D eigenvalue weighted by molar-refractivity contribution is 5.91. The van der Waals surface area contributed by atoms with Crippen LogP contribution in [0.15, 0.2) is 78.0 Å². The number of aromatic nitrogens is 4. The molecule has 0 radical (unpaired) electrons. The highest BCUT2D eigenvalue weighted by Gasteiger charge is 2.11. The lowest BCUT2D eigenvalue weighted by molar-refractivity contribution is -0.384. The molecule has 0 aliphatic rings. The summed E-state index contributed by atoms with van der Waals surface area (Å²) >= 11 is 0. The summed E-state index contributed by atoms with van der Waals surface area (Å²) in [5.41, 5.74) is 1.82. The molecule has 10 heteroatoms. The van der Waals surface area contributed by atoms with Gasteiger partial charge in [0.05, 0.1) is 24.2 Å². The Morgan fingerprint density at radius 1 is 1.12 bits per heavy atom. The van der Waals surface area contributed by atoms with Crippen molar-refractivity contribution in [2.45, 2.75) is 13.1 Å². The minimum Gasteiger partial charge on any atom is -0.351 e. The van der Waals surface area contributed by atoms with Crippen molar-refractivity contribution in [3.8, 4) is 0 Å². The number of rotatable bonds is 8. The Balaban J connectivity index is 1.39. The Kier molecular flexibility index (Phi) is 6.35. The summed E-state index contributed by atoms with van der Waals surface area (Å²) in [5.74, 6) is -0.228. The van der Waals surface area contributed by atoms with Crippen LogP contribution < -0.4 is 10.9 Å². The average Bonchev–Trinajstić information content (AvgIpc) is 3.24. The van der Waals surface area contributed by atoms with Gasteiger partial charge in [0.1, 0.15) is 11.7 Å². The lowest BCUT2D eigenvalue weighted by Crippen LogP contribution is -2.26. The number of amides is 1. The van der Waals surface area contributed by atoms with Crippen LogP contribution in [0.1, 0.15) is 11.1 Å². The van der Waals surface area contributed by atoms with E-state index in [1.54, 1.807) is 22.9 Å². The molecule has 1 N–H and O–H groups in total. The Hall–Kier alpha value is -4.60. The van der Waals surface area contributed by atoms with E-state index in [1.165, 1.54) is 35.3 Å². The number of non-ortho nitro benzene ring substituents is 1. The zero-order valence-corrected chi connectivity index (χ0v) is 17.5. The number of hydrogen-bond acceptors (Lipinski definition) is 6. The molecule has 2 heterocycles. The number of carbonyl (C=O) groups is 1. The van der Waals surface area contributed by atoms with E-state index >= 15 is 0 Å². The smallest absolute Gasteiger partial charge is 0.269 e. The molecule has 0 aliphatic carbocycles. The first-order valence-corrected chi connectivity index (χ1v) is 10.2. The number of nitro groups is 1. The summed E-state index contributed by atoms with van der Waals surface area (Å²) in [5, 5.41) is 18.1. The quantitative estimate of drug-likeness (QED) is 0.253. The summed E-state index contributed by atoms with van der Waals surface area (Å²) in [6.45, 7) is 0.907. The van der Waals surface area contributed by atoms with Gasteiger partial charge >= 0.3 is 0 Å². The third-order valence-corrected chi connectivity index (χ3v) is 4.97. The van der Waals surface area contributed by atoms with E-state index in [-0.39, 0.29) is 23.7 Å². The van der Waals surface area contributed by atoms with E-state index in [9.17, 15) is 19.7 Å². The van der Waals surface area contributed by atoms with Crippen LogP contribution in [-0.2, 0) is 17.9 Å². The number of fused-ring (bicyclic) bond motifs is 1. The Bertz CT molecular complexity index is 1370. The van der Waals surface area contributed by atoms with Crippen LogP contribution in [0.3, 0.4) is 0 Å². The molecule has 10 nitrogen and oxygen atoms in total. The maximum atomic E-state index is 12.8. The second-order valence-corrected chi connectivity index (χ2v) is 7.24. The molecular formula is C23H20N6O4. The van der Waals surface area contributed by atoms with E-state index in [2.05, 4.69) is 15.4 Å². The maximum Gasteiger partial charge on any atom is 0.269 e. The van der Waals surface area contributed by atoms with Crippen LogP contribution in [0.5, 0.6) is 0 Å². The van der Waals surface area contributed by atoms with Crippen molar-refractivity contribution in [1.29, 1.82) is 0 Å². The average molecular weight is 444 g/mol. The first-order valence-electron chi connectivity index (χ1n) is 10.2. The molecule has 2 aromatic carbocycles. The van der Waals surface area contributed by atoms with Gasteiger partial charge in [-0.3, -0.25) is 24.3 Å². The summed E-state index contributed by atoms with van der Waals surface area (Å²) in [4.78, 5) is 39.5. The minimum absolute atomic E-state index is 0.0106. The van der Waals surface area contributed by atoms with Crippen LogP contribution in [0.4, 0.5) is 5.69 Å². The van der Waals surface area contributed by atoms with E-state index in [0.29, 0.717) is 24.1 Å². The Morgan fingerprint density at radius 3 is 2.61 bits per heavy atom. The standard InChI is InChI=1S/C23H20N6O4/c30-21(11-8-17-4-2-1-3-5-17)24-12-13-28-22-20(14-26-28)23(31)27(16-25-22)15-18-6-9-19(10-7-18)29(32)33/h1-11,14,16H,12-13,15H2,(H,24,30)/b11-8-. The fraction of sp³-hybridized carbons (Fsp3) is 0.130. The van der Waals surface area contributed by atoms with Gasteiger partial charge in [-0.15, -0.1) is 0 Å². The molecule has 1 amide bonds. The highest BCUT2D eigenvalue weighted by atomic mass is 16.6. The molecule has 0 bridgehead atoms. The van der Waals surface area contributed by atoms with Gasteiger partial charge in [0.15, 0.2) is 5.65 Å². The predicted octanol–water partition coefficient (Wildman–Crippen LogP) is 2.38. The van der Waals surface area contributed by atoms with Crippen molar-refractivity contribution < 1.29 is 9.72 Å². The van der Waals surface area contributed by atoms with Crippen molar-refractivity contribution in [3.05, 3.63) is 105 Å². The zero-order chi connectivity index (χ0) is 23.2. The van der Waals surface area contributed by atoms with E-state index in [1.807, 2.05) is 30.3 Å². The molecule has 0 saturated heterocycles. The summed E-state index contributed by atoms with van der Waals surface area (Å²) in [6.07, 6.45) is 6.07. The fourth-order valence-electron chi connectivity index (χ4n) is 3.27. The second kappa shape index (κ2) is 9.69. The SMILES string of the molecule is O=C(/C=C\c1ccccc1)NCCn1ncc2c(=O)n(Cc3ccc([N+](=O)[O-])cc3)cnc21. The molecule has 0 aliphatic heterocycles. The summed E-state index contributed by atoms with van der Waals surface area (Å²) < 4.78 is 2.99. The van der Waals surface area contributed by atoms with Gasteiger partial charge in [0, 0.05) is 24.8 Å². The van der Waals surface area contributed by atoms with Crippen LogP contribution in [-0.4, -0.2) is 36.7 Å². The Labute approximate surface area is 188 Å². The second-order valence-electron chi connectivity index (χ2n) is 7.24. The zero-order valence-electron chi connectivity index (χ0n) is 17.5. The maximum absolute atomic E-state index is 12.8. The van der Waals surface area contributed by atoms with Crippen LogP contribution in [0.2, 0.25) is 0 Å². The molecule has 166 valence electrons. The number of hydrogen-bond donors (Lipinski definition) is 1. The topological polar surface area (TPSA) is 125 Å². The fourth-order valence-corrected chi connectivity index (χ4v) is 3.27. The first kappa shape index (κ1) is 21.6. The van der Waals surface area contributed by atoms with Gasteiger partial charge < -0.3 is 5.32 Å². The Morgan fingerprint density at radius 2 is 1.88 bits per heavy atom. The lowest BCUT2D eigenvalue weighted by Gasteiger charge is -2.07. The molecule has 0 spiro atoms. The minimum atomic E-state index is -0.472. The van der Waals surface area contributed by atoms with Crippen molar-refractivity contribution in [2.75, 3.05) is 6.54 Å². The molecule has 0 fully saturated rings. The van der Waals surface area contributed by atoms with Crippen LogP contribution in [0, 0.1) is 10.1 Å². The molecule has 33 heavy (non-hydrogen) atoms. The monoisotopic (exact) mass is 444 g/mol. The number of benzene rings is 2. The first-order chi connectivity index (χ1) is 16.0. The number of nitrogens with zero attached hydrogens (tertiary/aromatic N) is 5. The van der Waals surface area contributed by atoms with Gasteiger partial charge in [-0.05, 0) is 17.2 Å². The van der Waals surface area contributed by atoms with Gasteiger partial charge in [-0.25, -0.2) is 9.67 Å². The van der Waals surface area contributed by atoms with Crippen molar-refractivity contribution >= 4 is 28.7 Å². The highest BCUT2D eigenvalue weighted by Crippen LogP contribution is 2.13. The summed E-state index contributed by atoms with van der Waals surface area (Å²) in [7, 11) is 0. The predicted molar refractivity (Wildman–Crippen MR) is 122 cm³/mol. The van der Waals surface area contributed by atoms with Gasteiger partial charge in [-0.2, -0.15) is 5.10 Å². The van der Waals surface area contributed by atoms with E-state index in [4.69, 9.17) is 0 Å². The molecule has 0 saturated carbocycles. The van der Waals surface area contributed by atoms with E-state index < -0.39 is 4.92 Å². The molecule has 0 unspecified atom stereocenters. The van der Waals surface area contributed by atoms with Gasteiger partial charge in [-0.1, -0.05) is 42.5 Å². The molecule has 4 rings (SSSR count). The van der Waals surface area contributed by atoms with Crippen molar-refractivity contribution in [1.82, 2.24) is 24.6 Å². The van der Waals surface area contributed by atoms with Crippen LogP contribution >= 0.6 is 0 Å². The third-order valence-electron chi connectivity index (χ3n) is 4.97. The molecule has 4 aromatic rings. The summed E-state index contributed by atoms with van der Waals surface area (Å²) in [6, 6.07) is 15.5. The number of carbonyl (C=O) groups excluding carboxylic acids is 1. The number of nitrogens with one attached hydrogen (secondary N) is 1. The molecule has 0 atom stereocenters. The molecule has 2 aromatic heterocycles. The largest absolute Gasteiger partial charge is 0.351 e. The van der Waals surface area contributed by atoms with E-state index in [0.717, 1.165) is 11.1 Å². The van der Waals surface area contributed by atoms with Crippen molar-refractivity contribution in [2.24, 2.45) is 0 Å².